The monoisotopic (exact) mass is 665 g/mol. The van der Waals surface area contributed by atoms with Gasteiger partial charge in [0.2, 0.25) is 5.91 Å². The number of benzene rings is 2. The van der Waals surface area contributed by atoms with Crippen molar-refractivity contribution in [3.63, 3.8) is 0 Å². The van der Waals surface area contributed by atoms with Gasteiger partial charge in [-0.25, -0.2) is 4.79 Å². The SMILES string of the molecule is C[C@@H]1CCCCO[C@@H](CN(C)Cc2ccc(C(=O)O)cc2)[C@@H](C)CN([C@H](C)CO)C(=O)c2cc(NC(=O)CCC(F)(F)F)ccc2O1. The van der Waals surface area contributed by atoms with Gasteiger partial charge in [0.1, 0.15) is 5.75 Å². The van der Waals surface area contributed by atoms with Crippen LogP contribution in [0.25, 0.3) is 0 Å². The molecular weight excluding hydrogens is 619 g/mol. The van der Waals surface area contributed by atoms with Crippen molar-refractivity contribution in [2.24, 2.45) is 5.92 Å². The smallest absolute Gasteiger partial charge is 0.389 e. The summed E-state index contributed by atoms with van der Waals surface area (Å²) in [7, 11) is 1.94. The number of carbonyl (C=O) groups excluding carboxylic acids is 2. The summed E-state index contributed by atoms with van der Waals surface area (Å²) in [6.45, 7) is 7.00. The van der Waals surface area contributed by atoms with Gasteiger partial charge in [0, 0.05) is 44.3 Å². The molecule has 47 heavy (non-hydrogen) atoms. The Morgan fingerprint density at radius 1 is 1.13 bits per heavy atom. The fourth-order valence-electron chi connectivity index (χ4n) is 5.38. The molecule has 1 heterocycles. The van der Waals surface area contributed by atoms with Gasteiger partial charge in [0.05, 0.1) is 42.4 Å². The second-order valence-corrected chi connectivity index (χ2v) is 12.4. The fraction of sp³-hybridized carbons (Fsp3) is 0.559. The molecule has 0 bridgehead atoms. The standard InChI is InChI=1S/C34H46F3N3O7/c1-22-18-40(23(2)21-41)32(43)28-17-27(38-31(42)14-15-34(35,36)37)12-13-29(28)47-24(3)7-5-6-16-46-30(22)20-39(4)19-25-8-10-26(11-9-25)33(44)45/h8-13,17,22-24,30,41H,5-7,14-16,18-21H2,1-4H3,(H,38,42)(H,44,45)/t22-,23+,24+,30-/m0/s1. The Kier molecular flexibility index (Phi) is 14.0. The molecule has 2 amide bonds. The third-order valence-corrected chi connectivity index (χ3v) is 8.12. The third kappa shape index (κ3) is 12.1. The van der Waals surface area contributed by atoms with E-state index in [0.29, 0.717) is 26.1 Å². The van der Waals surface area contributed by atoms with Gasteiger partial charge in [-0.3, -0.25) is 14.5 Å². The van der Waals surface area contributed by atoms with Crippen LogP contribution in [0.3, 0.4) is 0 Å². The Labute approximate surface area is 273 Å². The van der Waals surface area contributed by atoms with E-state index in [-0.39, 0.29) is 53.8 Å². The normalized spacial score (nSPS) is 20.6. The number of hydrogen-bond donors (Lipinski definition) is 3. The van der Waals surface area contributed by atoms with Crippen molar-refractivity contribution in [3.05, 3.63) is 59.2 Å². The van der Waals surface area contributed by atoms with Crippen LogP contribution in [0.15, 0.2) is 42.5 Å². The van der Waals surface area contributed by atoms with Gasteiger partial charge in [-0.1, -0.05) is 19.1 Å². The first-order chi connectivity index (χ1) is 22.2. The first-order valence-electron chi connectivity index (χ1n) is 15.9. The van der Waals surface area contributed by atoms with E-state index < -0.39 is 42.8 Å². The van der Waals surface area contributed by atoms with Crippen molar-refractivity contribution in [3.8, 4) is 5.75 Å². The molecule has 260 valence electrons. The van der Waals surface area contributed by atoms with Crippen molar-refractivity contribution < 1.29 is 47.2 Å². The molecule has 0 radical (unpaired) electrons. The molecule has 13 heteroatoms. The highest BCUT2D eigenvalue weighted by atomic mass is 19.4. The Bertz CT molecular complexity index is 1340. The Morgan fingerprint density at radius 3 is 2.47 bits per heavy atom. The fourth-order valence-corrected chi connectivity index (χ4v) is 5.38. The Balaban J connectivity index is 1.87. The lowest BCUT2D eigenvalue weighted by atomic mass is 10.0. The molecule has 2 aromatic carbocycles. The first-order valence-corrected chi connectivity index (χ1v) is 15.9. The maximum atomic E-state index is 14.2. The summed E-state index contributed by atoms with van der Waals surface area (Å²) < 4.78 is 50.5. The summed E-state index contributed by atoms with van der Waals surface area (Å²) in [6.07, 6.45) is -4.80. The number of carbonyl (C=O) groups is 3. The molecule has 0 fully saturated rings. The number of likely N-dealkylation sites (N-methyl/N-ethyl adjacent to an activating group) is 1. The van der Waals surface area contributed by atoms with E-state index in [0.717, 1.165) is 18.4 Å². The van der Waals surface area contributed by atoms with Gasteiger partial charge in [-0.15, -0.1) is 0 Å². The summed E-state index contributed by atoms with van der Waals surface area (Å²) in [6, 6.07) is 10.5. The molecular formula is C34H46F3N3O7. The zero-order valence-corrected chi connectivity index (χ0v) is 27.4. The molecule has 1 aliphatic rings. The number of ether oxygens (including phenoxy) is 2. The molecule has 0 saturated carbocycles. The number of halogens is 3. The van der Waals surface area contributed by atoms with Crippen LogP contribution in [-0.2, 0) is 16.1 Å². The van der Waals surface area contributed by atoms with Crippen molar-refractivity contribution in [2.45, 2.75) is 83.8 Å². The van der Waals surface area contributed by atoms with Crippen molar-refractivity contribution in [1.29, 1.82) is 0 Å². The van der Waals surface area contributed by atoms with Crippen LogP contribution in [0.5, 0.6) is 5.75 Å². The molecule has 0 aromatic heterocycles. The average Bonchev–Trinajstić information content (AvgIpc) is 3.01. The van der Waals surface area contributed by atoms with Gasteiger partial charge >= 0.3 is 12.1 Å². The minimum absolute atomic E-state index is 0.120. The number of hydrogen-bond acceptors (Lipinski definition) is 7. The number of rotatable bonds is 10. The number of fused-ring (bicyclic) bond motifs is 1. The van der Waals surface area contributed by atoms with E-state index in [4.69, 9.17) is 9.47 Å². The molecule has 3 rings (SSSR count). The number of carboxylic acids is 1. The first kappa shape index (κ1) is 37.8. The molecule has 3 N–H and O–H groups in total. The third-order valence-electron chi connectivity index (χ3n) is 8.12. The Morgan fingerprint density at radius 2 is 1.83 bits per heavy atom. The highest BCUT2D eigenvalue weighted by Crippen LogP contribution is 2.29. The van der Waals surface area contributed by atoms with Gasteiger partial charge in [-0.05, 0) is 76.1 Å². The number of alkyl halides is 3. The van der Waals surface area contributed by atoms with E-state index in [1.54, 1.807) is 31.2 Å². The summed E-state index contributed by atoms with van der Waals surface area (Å²) in [5.74, 6) is -2.21. The zero-order chi connectivity index (χ0) is 34.7. The number of amides is 2. The molecule has 4 atom stereocenters. The second-order valence-electron chi connectivity index (χ2n) is 12.4. The predicted octanol–water partition coefficient (Wildman–Crippen LogP) is 5.59. The summed E-state index contributed by atoms with van der Waals surface area (Å²) in [4.78, 5) is 41.3. The predicted molar refractivity (Wildman–Crippen MR) is 171 cm³/mol. The van der Waals surface area contributed by atoms with E-state index in [1.165, 1.54) is 23.1 Å². The lowest BCUT2D eigenvalue weighted by Gasteiger charge is -2.36. The van der Waals surface area contributed by atoms with Crippen LogP contribution in [0.2, 0.25) is 0 Å². The molecule has 0 spiro atoms. The summed E-state index contributed by atoms with van der Waals surface area (Å²) in [5, 5.41) is 21.8. The molecule has 10 nitrogen and oxygen atoms in total. The molecule has 1 aliphatic heterocycles. The second kappa shape index (κ2) is 17.5. The number of aliphatic hydroxyl groups is 1. The molecule has 0 saturated heterocycles. The van der Waals surface area contributed by atoms with Crippen LogP contribution < -0.4 is 10.1 Å². The number of carboxylic acid groups (broad SMARTS) is 1. The molecule has 2 aromatic rings. The number of nitrogens with zero attached hydrogens (tertiary/aromatic N) is 2. The highest BCUT2D eigenvalue weighted by molar-refractivity contribution is 5.99. The van der Waals surface area contributed by atoms with Gasteiger partial charge < -0.3 is 29.9 Å². The number of aromatic carboxylic acids is 1. The van der Waals surface area contributed by atoms with Crippen molar-refractivity contribution in [1.82, 2.24) is 9.80 Å². The van der Waals surface area contributed by atoms with Crippen LogP contribution >= 0.6 is 0 Å². The lowest BCUT2D eigenvalue weighted by Crippen LogP contribution is -2.47. The van der Waals surface area contributed by atoms with Crippen LogP contribution in [0, 0.1) is 5.92 Å². The number of aliphatic hydroxyl groups excluding tert-OH is 1. The van der Waals surface area contributed by atoms with E-state index in [9.17, 15) is 37.8 Å². The maximum absolute atomic E-state index is 14.2. The summed E-state index contributed by atoms with van der Waals surface area (Å²) >= 11 is 0. The van der Waals surface area contributed by atoms with Crippen LogP contribution in [-0.4, -0.2) is 95.6 Å². The largest absolute Gasteiger partial charge is 0.490 e. The average molecular weight is 666 g/mol. The van der Waals surface area contributed by atoms with Crippen LogP contribution in [0.1, 0.15) is 79.2 Å². The maximum Gasteiger partial charge on any atom is 0.389 e. The topological polar surface area (TPSA) is 129 Å². The van der Waals surface area contributed by atoms with E-state index in [1.807, 2.05) is 20.9 Å². The van der Waals surface area contributed by atoms with E-state index in [2.05, 4.69) is 10.2 Å². The Hall–Kier alpha value is -3.68. The van der Waals surface area contributed by atoms with Crippen molar-refractivity contribution in [2.75, 3.05) is 38.7 Å². The molecule has 0 unspecified atom stereocenters. The minimum Gasteiger partial charge on any atom is -0.490 e. The van der Waals surface area contributed by atoms with E-state index >= 15 is 0 Å². The zero-order valence-electron chi connectivity index (χ0n) is 27.4. The van der Waals surface area contributed by atoms with Crippen LogP contribution in [0.4, 0.5) is 18.9 Å². The quantitative estimate of drug-likeness (QED) is 0.300. The highest BCUT2D eigenvalue weighted by Gasteiger charge is 2.31. The van der Waals surface area contributed by atoms with Gasteiger partial charge in [-0.2, -0.15) is 13.2 Å². The number of anilines is 1. The molecule has 0 aliphatic carbocycles. The summed E-state index contributed by atoms with van der Waals surface area (Å²) in [5.41, 5.74) is 1.42. The van der Waals surface area contributed by atoms with Gasteiger partial charge in [0.25, 0.3) is 5.91 Å². The lowest BCUT2D eigenvalue weighted by molar-refractivity contribution is -0.142. The van der Waals surface area contributed by atoms with Crippen molar-refractivity contribution >= 4 is 23.5 Å². The number of nitrogens with one attached hydrogen (secondary N) is 1. The van der Waals surface area contributed by atoms with Gasteiger partial charge in [0.15, 0.2) is 0 Å². The minimum atomic E-state index is -4.48.